The summed E-state index contributed by atoms with van der Waals surface area (Å²) in [5, 5.41) is 0.978. The fourth-order valence-corrected chi connectivity index (χ4v) is 4.23. The van der Waals surface area contributed by atoms with Gasteiger partial charge in [-0.05, 0) is 30.3 Å². The van der Waals surface area contributed by atoms with E-state index in [-0.39, 0.29) is 11.4 Å². The first-order valence-corrected chi connectivity index (χ1v) is 9.89. The predicted molar refractivity (Wildman–Crippen MR) is 99.4 cm³/mol. The Bertz CT molecular complexity index is 1030. The second-order valence-electron chi connectivity index (χ2n) is 6.04. The topological polar surface area (TPSA) is 72.9 Å². The van der Waals surface area contributed by atoms with E-state index < -0.39 is 44.7 Å². The zero-order valence-corrected chi connectivity index (χ0v) is 15.9. The molecule has 2 aromatic carbocycles. The first kappa shape index (κ1) is 19.8. The summed E-state index contributed by atoms with van der Waals surface area (Å²) in [6.07, 6.45) is 1.30. The van der Waals surface area contributed by atoms with Gasteiger partial charge in [-0.15, -0.1) is 0 Å². The molecule has 6 nitrogen and oxygen atoms in total. The second kappa shape index (κ2) is 7.59. The normalized spacial score (nSPS) is 17.4. The Morgan fingerprint density at radius 2 is 1.79 bits per heavy atom. The minimum absolute atomic E-state index is 0.155. The van der Waals surface area contributed by atoms with Crippen LogP contribution >= 0.6 is 0 Å². The van der Waals surface area contributed by atoms with E-state index in [0.717, 1.165) is 28.5 Å². The average molecular weight is 409 g/mol. The van der Waals surface area contributed by atoms with Gasteiger partial charge in [-0.25, -0.2) is 17.2 Å². The predicted octanol–water partition coefficient (Wildman–Crippen LogP) is 2.94. The number of hydrogen-bond donors (Lipinski definition) is 0. The number of carbonyl (C=O) groups excluding carboxylic acids is 1. The summed E-state index contributed by atoms with van der Waals surface area (Å²) in [5.41, 5.74) is -0.624. The van der Waals surface area contributed by atoms with Crippen LogP contribution in [0.15, 0.2) is 47.9 Å². The fraction of sp³-hybridized carbons (Fsp3) is 0.211. The number of ether oxygens (including phenoxy) is 2. The van der Waals surface area contributed by atoms with Gasteiger partial charge in [0.25, 0.3) is 5.91 Å². The molecule has 1 aliphatic rings. The summed E-state index contributed by atoms with van der Waals surface area (Å²) in [6, 6.07) is 6.58. The molecule has 9 heteroatoms. The van der Waals surface area contributed by atoms with Gasteiger partial charge in [0, 0.05) is 11.5 Å². The number of anilines is 1. The number of amides is 1. The molecule has 0 saturated heterocycles. The molecular formula is C19H17F2NO5S. The van der Waals surface area contributed by atoms with E-state index in [1.165, 1.54) is 38.5 Å². The fourth-order valence-electron chi connectivity index (χ4n) is 2.97. The summed E-state index contributed by atoms with van der Waals surface area (Å²) in [6.45, 7) is 0. The van der Waals surface area contributed by atoms with Gasteiger partial charge in [-0.1, -0.05) is 6.07 Å². The van der Waals surface area contributed by atoms with Crippen LogP contribution in [0.25, 0.3) is 0 Å². The van der Waals surface area contributed by atoms with Crippen molar-refractivity contribution in [1.29, 1.82) is 0 Å². The molecule has 1 heterocycles. The van der Waals surface area contributed by atoms with Crippen molar-refractivity contribution in [2.75, 3.05) is 24.9 Å². The highest BCUT2D eigenvalue weighted by Gasteiger charge is 2.35. The van der Waals surface area contributed by atoms with Crippen LogP contribution in [0.2, 0.25) is 0 Å². The monoisotopic (exact) mass is 409 g/mol. The average Bonchev–Trinajstić information content (AvgIpc) is 3.01. The lowest BCUT2D eigenvalue weighted by Gasteiger charge is -2.29. The lowest BCUT2D eigenvalue weighted by Crippen LogP contribution is -2.42. The molecule has 28 heavy (non-hydrogen) atoms. The van der Waals surface area contributed by atoms with Crippen LogP contribution in [0.3, 0.4) is 0 Å². The van der Waals surface area contributed by atoms with Crippen LogP contribution in [0.4, 0.5) is 14.5 Å². The molecule has 0 aliphatic carbocycles. The van der Waals surface area contributed by atoms with Crippen LogP contribution in [-0.4, -0.2) is 40.3 Å². The maximum Gasteiger partial charge on any atom is 0.264 e. The first-order valence-electron chi connectivity index (χ1n) is 8.18. The number of benzene rings is 2. The molecule has 1 atom stereocenters. The molecule has 0 spiro atoms. The van der Waals surface area contributed by atoms with Gasteiger partial charge in [0.05, 0.1) is 31.7 Å². The third-order valence-corrected chi connectivity index (χ3v) is 5.66. The minimum Gasteiger partial charge on any atom is -0.497 e. The molecule has 2 aromatic rings. The molecule has 0 radical (unpaired) electrons. The van der Waals surface area contributed by atoms with Crippen molar-refractivity contribution in [3.05, 3.63) is 65.1 Å². The maximum absolute atomic E-state index is 14.2. The maximum atomic E-state index is 14.2. The van der Waals surface area contributed by atoms with Crippen molar-refractivity contribution >= 4 is 21.4 Å². The highest BCUT2D eigenvalue weighted by atomic mass is 32.2. The number of methoxy groups -OCH3 is 2. The third kappa shape index (κ3) is 3.70. The van der Waals surface area contributed by atoms with E-state index >= 15 is 0 Å². The Balaban J connectivity index is 2.17. The number of halogens is 2. The van der Waals surface area contributed by atoms with Crippen LogP contribution in [0, 0.1) is 11.6 Å². The number of sulfone groups is 1. The quantitative estimate of drug-likeness (QED) is 0.759. The summed E-state index contributed by atoms with van der Waals surface area (Å²) < 4.78 is 62.7. The minimum atomic E-state index is -3.54. The molecule has 0 fully saturated rings. The summed E-state index contributed by atoms with van der Waals surface area (Å²) in [5.74, 6) is -2.92. The number of nitrogens with zero attached hydrogens (tertiary/aromatic N) is 1. The van der Waals surface area contributed by atoms with Crippen LogP contribution in [0.5, 0.6) is 11.5 Å². The van der Waals surface area contributed by atoms with Crippen LogP contribution in [-0.2, 0) is 9.84 Å². The summed E-state index contributed by atoms with van der Waals surface area (Å²) in [7, 11) is -0.748. The first-order chi connectivity index (χ1) is 13.3. The van der Waals surface area contributed by atoms with Crippen molar-refractivity contribution in [2.45, 2.75) is 6.04 Å². The Kier molecular flexibility index (Phi) is 5.37. The second-order valence-corrected chi connectivity index (χ2v) is 7.97. The van der Waals surface area contributed by atoms with Gasteiger partial charge in [-0.2, -0.15) is 0 Å². The Morgan fingerprint density at radius 3 is 2.32 bits per heavy atom. The molecule has 3 rings (SSSR count). The molecule has 148 valence electrons. The molecule has 0 saturated carbocycles. The van der Waals surface area contributed by atoms with E-state index in [2.05, 4.69) is 0 Å². The van der Waals surface area contributed by atoms with Crippen molar-refractivity contribution in [3.8, 4) is 11.5 Å². The lowest BCUT2D eigenvalue weighted by atomic mass is 10.1. The van der Waals surface area contributed by atoms with Crippen molar-refractivity contribution in [1.82, 2.24) is 0 Å². The lowest BCUT2D eigenvalue weighted by molar-refractivity contribution is 0.0974. The zero-order valence-electron chi connectivity index (χ0n) is 15.1. The summed E-state index contributed by atoms with van der Waals surface area (Å²) in [4.78, 5) is 14.2. The van der Waals surface area contributed by atoms with Gasteiger partial charge in [-0.3, -0.25) is 9.69 Å². The van der Waals surface area contributed by atoms with Gasteiger partial charge >= 0.3 is 0 Å². The number of carbonyl (C=O) groups is 1. The molecule has 1 aliphatic heterocycles. The van der Waals surface area contributed by atoms with Gasteiger partial charge < -0.3 is 9.47 Å². The van der Waals surface area contributed by atoms with E-state index in [9.17, 15) is 22.0 Å². The summed E-state index contributed by atoms with van der Waals surface area (Å²) >= 11 is 0. The van der Waals surface area contributed by atoms with Gasteiger partial charge in [0.1, 0.15) is 28.7 Å². The molecule has 1 amide bonds. The standard InChI is InChI=1S/C19H17F2NO5S/c1-26-13-6-7-16(17(10-13)27-2)22(12-8-9-28(24,25)11-12)19(23)18-14(20)4-3-5-15(18)21/h3-10,12H,11H2,1-2H3/t12-/m1/s1. The Labute approximate surface area is 160 Å². The molecule has 0 aromatic heterocycles. The van der Waals surface area contributed by atoms with E-state index in [1.807, 2.05) is 0 Å². The van der Waals surface area contributed by atoms with Crippen LogP contribution < -0.4 is 14.4 Å². The van der Waals surface area contributed by atoms with Crippen molar-refractivity contribution in [3.63, 3.8) is 0 Å². The molecular weight excluding hydrogens is 392 g/mol. The van der Waals surface area contributed by atoms with Crippen molar-refractivity contribution in [2.24, 2.45) is 0 Å². The molecule has 0 bridgehead atoms. The van der Waals surface area contributed by atoms with Crippen molar-refractivity contribution < 1.29 is 31.5 Å². The smallest absolute Gasteiger partial charge is 0.264 e. The molecule has 0 N–H and O–H groups in total. The van der Waals surface area contributed by atoms with Gasteiger partial charge in [0.15, 0.2) is 9.84 Å². The zero-order chi connectivity index (χ0) is 20.5. The Morgan fingerprint density at radius 1 is 1.11 bits per heavy atom. The third-order valence-electron chi connectivity index (χ3n) is 4.28. The SMILES string of the molecule is COc1ccc(N(C(=O)c2c(F)cccc2F)[C@@H]2C=CS(=O)(=O)C2)c(OC)c1. The number of hydrogen-bond acceptors (Lipinski definition) is 5. The highest BCUT2D eigenvalue weighted by Crippen LogP contribution is 2.36. The van der Waals surface area contributed by atoms with Gasteiger partial charge in [0.2, 0.25) is 0 Å². The Hall–Kier alpha value is -2.94. The van der Waals surface area contributed by atoms with E-state index in [1.54, 1.807) is 0 Å². The van der Waals surface area contributed by atoms with E-state index in [4.69, 9.17) is 9.47 Å². The van der Waals surface area contributed by atoms with Crippen LogP contribution in [0.1, 0.15) is 10.4 Å². The van der Waals surface area contributed by atoms with E-state index in [0.29, 0.717) is 5.75 Å². The largest absolute Gasteiger partial charge is 0.497 e. The molecule has 0 unspecified atom stereocenters. The highest BCUT2D eigenvalue weighted by molar-refractivity contribution is 7.94. The number of rotatable bonds is 5.